The summed E-state index contributed by atoms with van der Waals surface area (Å²) in [4.78, 5) is 35.7. The van der Waals surface area contributed by atoms with E-state index in [4.69, 9.17) is 27.9 Å². The van der Waals surface area contributed by atoms with Crippen LogP contribution in [0.1, 0.15) is 22.8 Å². The lowest BCUT2D eigenvalue weighted by Gasteiger charge is -2.13. The minimum absolute atomic E-state index is 0.146. The largest absolute Gasteiger partial charge is 0.449 e. The summed E-state index contributed by atoms with van der Waals surface area (Å²) in [5.41, 5.74) is 1.03. The minimum atomic E-state index is -1.17. The summed E-state index contributed by atoms with van der Waals surface area (Å²) in [6.07, 6.45) is -1.17. The summed E-state index contributed by atoms with van der Waals surface area (Å²) < 4.78 is 5.02. The Labute approximate surface area is 160 Å². The fourth-order valence-electron chi connectivity index (χ4n) is 1.94. The SMILES string of the molecule is C[C@H](OC(=O)c1ccc(Cl)c(Cl)c1)C(=O)NC(=O)NCc1ccccc1. The lowest BCUT2D eigenvalue weighted by atomic mass is 10.2. The van der Waals surface area contributed by atoms with Gasteiger partial charge in [0.15, 0.2) is 6.10 Å². The fraction of sp³-hybridized carbons (Fsp3) is 0.167. The summed E-state index contributed by atoms with van der Waals surface area (Å²) in [5.74, 6) is -1.50. The number of imide groups is 1. The summed E-state index contributed by atoms with van der Waals surface area (Å²) in [6.45, 7) is 1.62. The van der Waals surface area contributed by atoms with Crippen molar-refractivity contribution in [2.45, 2.75) is 19.6 Å². The lowest BCUT2D eigenvalue weighted by molar-refractivity contribution is -0.127. The second kappa shape index (κ2) is 9.22. The molecule has 0 radical (unpaired) electrons. The van der Waals surface area contributed by atoms with E-state index < -0.39 is 24.0 Å². The van der Waals surface area contributed by atoms with Crippen LogP contribution in [-0.2, 0) is 16.1 Å². The molecule has 6 nitrogen and oxygen atoms in total. The first-order valence-corrected chi connectivity index (χ1v) is 8.41. The molecule has 0 saturated heterocycles. The van der Waals surface area contributed by atoms with Gasteiger partial charge in [-0.25, -0.2) is 9.59 Å². The van der Waals surface area contributed by atoms with Gasteiger partial charge in [-0.15, -0.1) is 0 Å². The van der Waals surface area contributed by atoms with E-state index in [-0.39, 0.29) is 17.1 Å². The van der Waals surface area contributed by atoms with Crippen molar-refractivity contribution in [3.8, 4) is 0 Å². The average Bonchev–Trinajstić information content (AvgIpc) is 2.63. The van der Waals surface area contributed by atoms with Crippen molar-refractivity contribution in [3.63, 3.8) is 0 Å². The number of rotatable bonds is 5. The monoisotopic (exact) mass is 394 g/mol. The van der Waals surface area contributed by atoms with Gasteiger partial charge >= 0.3 is 12.0 Å². The highest BCUT2D eigenvalue weighted by molar-refractivity contribution is 6.42. The topological polar surface area (TPSA) is 84.5 Å². The van der Waals surface area contributed by atoms with Gasteiger partial charge in [0.05, 0.1) is 15.6 Å². The molecule has 0 saturated carbocycles. The first kappa shape index (κ1) is 19.8. The van der Waals surface area contributed by atoms with Gasteiger partial charge in [0.2, 0.25) is 0 Å². The predicted octanol–water partition coefficient (Wildman–Crippen LogP) is 3.56. The first-order chi connectivity index (χ1) is 12.4. The van der Waals surface area contributed by atoms with Crippen LogP contribution in [-0.4, -0.2) is 24.0 Å². The number of urea groups is 1. The molecular formula is C18H16Cl2N2O4. The van der Waals surface area contributed by atoms with E-state index in [1.54, 1.807) is 0 Å². The molecule has 8 heteroatoms. The lowest BCUT2D eigenvalue weighted by Crippen LogP contribution is -2.44. The Morgan fingerprint density at radius 1 is 1.04 bits per heavy atom. The van der Waals surface area contributed by atoms with Crippen molar-refractivity contribution in [2.24, 2.45) is 0 Å². The van der Waals surface area contributed by atoms with Crippen LogP contribution in [0, 0.1) is 0 Å². The van der Waals surface area contributed by atoms with Crippen LogP contribution >= 0.6 is 23.2 Å². The quantitative estimate of drug-likeness (QED) is 0.759. The number of halogens is 2. The fourth-order valence-corrected chi connectivity index (χ4v) is 2.24. The van der Waals surface area contributed by atoms with Crippen LogP contribution in [0.5, 0.6) is 0 Å². The zero-order valence-corrected chi connectivity index (χ0v) is 15.3. The van der Waals surface area contributed by atoms with Crippen molar-refractivity contribution in [2.75, 3.05) is 0 Å². The zero-order valence-electron chi connectivity index (χ0n) is 13.8. The van der Waals surface area contributed by atoms with Gasteiger partial charge < -0.3 is 10.1 Å². The summed E-state index contributed by atoms with van der Waals surface area (Å²) in [7, 11) is 0. The molecule has 2 N–H and O–H groups in total. The van der Waals surface area contributed by atoms with Crippen molar-refractivity contribution >= 4 is 41.1 Å². The van der Waals surface area contributed by atoms with Crippen molar-refractivity contribution < 1.29 is 19.1 Å². The Morgan fingerprint density at radius 3 is 2.38 bits per heavy atom. The van der Waals surface area contributed by atoms with Gasteiger partial charge in [-0.3, -0.25) is 10.1 Å². The number of hydrogen-bond acceptors (Lipinski definition) is 4. The van der Waals surface area contributed by atoms with E-state index in [2.05, 4.69) is 10.6 Å². The molecule has 3 amide bonds. The molecule has 26 heavy (non-hydrogen) atoms. The molecule has 0 spiro atoms. The number of carbonyl (C=O) groups excluding carboxylic acids is 3. The summed E-state index contributed by atoms with van der Waals surface area (Å²) in [5, 5.41) is 5.14. The van der Waals surface area contributed by atoms with Gasteiger partial charge in [-0.1, -0.05) is 53.5 Å². The van der Waals surface area contributed by atoms with Gasteiger partial charge in [0.1, 0.15) is 0 Å². The van der Waals surface area contributed by atoms with Crippen LogP contribution in [0.3, 0.4) is 0 Å². The Morgan fingerprint density at radius 2 is 1.73 bits per heavy atom. The molecular weight excluding hydrogens is 379 g/mol. The minimum Gasteiger partial charge on any atom is -0.449 e. The molecule has 0 bridgehead atoms. The van der Waals surface area contributed by atoms with E-state index in [1.807, 2.05) is 30.3 Å². The van der Waals surface area contributed by atoms with E-state index in [9.17, 15) is 14.4 Å². The molecule has 0 aromatic heterocycles. The Balaban J connectivity index is 1.83. The second-order valence-electron chi connectivity index (χ2n) is 5.33. The molecule has 1 atom stereocenters. The van der Waals surface area contributed by atoms with Crippen molar-refractivity contribution in [3.05, 3.63) is 69.7 Å². The Bertz CT molecular complexity index is 812. The molecule has 0 aliphatic carbocycles. The molecule has 2 aromatic rings. The highest BCUT2D eigenvalue weighted by Crippen LogP contribution is 2.23. The van der Waals surface area contributed by atoms with Crippen LogP contribution in [0.15, 0.2) is 48.5 Å². The standard InChI is InChI=1S/C18H16Cl2N2O4/c1-11(26-17(24)13-7-8-14(19)15(20)9-13)16(23)22-18(25)21-10-12-5-3-2-4-6-12/h2-9,11H,10H2,1H3,(H2,21,22,23,25)/t11-/m0/s1. The van der Waals surface area contributed by atoms with Crippen LogP contribution in [0.4, 0.5) is 4.79 Å². The Kier molecular flexibility index (Phi) is 7.00. The smallest absolute Gasteiger partial charge is 0.338 e. The van der Waals surface area contributed by atoms with E-state index >= 15 is 0 Å². The number of amides is 3. The maximum absolute atomic E-state index is 12.0. The predicted molar refractivity (Wildman–Crippen MR) is 98.2 cm³/mol. The third-order valence-corrected chi connectivity index (χ3v) is 4.08. The summed E-state index contributed by atoms with van der Waals surface area (Å²) in [6, 6.07) is 12.7. The number of benzene rings is 2. The molecule has 0 unspecified atom stereocenters. The first-order valence-electron chi connectivity index (χ1n) is 7.65. The van der Waals surface area contributed by atoms with E-state index in [1.165, 1.54) is 25.1 Å². The summed E-state index contributed by atoms with van der Waals surface area (Å²) >= 11 is 11.6. The number of nitrogens with one attached hydrogen (secondary N) is 2. The van der Waals surface area contributed by atoms with Crippen molar-refractivity contribution in [1.29, 1.82) is 0 Å². The van der Waals surface area contributed by atoms with E-state index in [0.717, 1.165) is 5.56 Å². The van der Waals surface area contributed by atoms with Crippen LogP contribution in [0.2, 0.25) is 10.0 Å². The third-order valence-electron chi connectivity index (χ3n) is 3.34. The highest BCUT2D eigenvalue weighted by atomic mass is 35.5. The maximum Gasteiger partial charge on any atom is 0.338 e. The molecule has 0 fully saturated rings. The van der Waals surface area contributed by atoms with Gasteiger partial charge in [0, 0.05) is 6.54 Å². The van der Waals surface area contributed by atoms with Gasteiger partial charge in [0.25, 0.3) is 5.91 Å². The Hall–Kier alpha value is -2.57. The molecule has 0 heterocycles. The maximum atomic E-state index is 12.0. The van der Waals surface area contributed by atoms with Crippen LogP contribution < -0.4 is 10.6 Å². The van der Waals surface area contributed by atoms with Crippen LogP contribution in [0.25, 0.3) is 0 Å². The zero-order chi connectivity index (χ0) is 19.1. The van der Waals surface area contributed by atoms with Gasteiger partial charge in [-0.2, -0.15) is 0 Å². The second-order valence-corrected chi connectivity index (χ2v) is 6.15. The molecule has 136 valence electrons. The molecule has 0 aliphatic rings. The number of esters is 1. The third kappa shape index (κ3) is 5.75. The number of hydrogen-bond donors (Lipinski definition) is 2. The number of ether oxygens (including phenoxy) is 1. The van der Waals surface area contributed by atoms with Gasteiger partial charge in [-0.05, 0) is 30.7 Å². The normalized spacial score (nSPS) is 11.3. The number of carbonyl (C=O) groups is 3. The van der Waals surface area contributed by atoms with E-state index in [0.29, 0.717) is 5.02 Å². The highest BCUT2D eigenvalue weighted by Gasteiger charge is 2.21. The van der Waals surface area contributed by atoms with Crippen molar-refractivity contribution in [1.82, 2.24) is 10.6 Å². The molecule has 2 rings (SSSR count). The molecule has 0 aliphatic heterocycles. The molecule has 2 aromatic carbocycles. The average molecular weight is 395 g/mol.